The molecule has 26 heavy (non-hydrogen) atoms. The molecule has 0 spiro atoms. The van der Waals surface area contributed by atoms with Crippen molar-refractivity contribution in [1.29, 1.82) is 0 Å². The summed E-state index contributed by atoms with van der Waals surface area (Å²) in [7, 11) is 4.77. The maximum atomic E-state index is 12.5. The van der Waals surface area contributed by atoms with Crippen LogP contribution in [0.4, 0.5) is 0 Å². The van der Waals surface area contributed by atoms with E-state index >= 15 is 0 Å². The van der Waals surface area contributed by atoms with Crippen LogP contribution in [0.25, 0.3) is 0 Å². The van der Waals surface area contributed by atoms with Crippen molar-refractivity contribution in [2.24, 2.45) is 0 Å². The van der Waals surface area contributed by atoms with E-state index in [2.05, 4.69) is 5.32 Å². The van der Waals surface area contributed by atoms with E-state index in [0.29, 0.717) is 23.0 Å². The van der Waals surface area contributed by atoms with E-state index in [1.807, 2.05) is 37.3 Å². The molecule has 0 aromatic heterocycles. The Hall–Kier alpha value is -2.89. The van der Waals surface area contributed by atoms with Gasteiger partial charge in [-0.2, -0.15) is 0 Å². The van der Waals surface area contributed by atoms with Gasteiger partial charge in [0, 0.05) is 11.6 Å². The fourth-order valence-electron chi connectivity index (χ4n) is 2.52. The second-order valence-corrected chi connectivity index (χ2v) is 5.78. The van der Waals surface area contributed by atoms with Gasteiger partial charge in [0.1, 0.15) is 23.0 Å². The second-order valence-electron chi connectivity index (χ2n) is 5.78. The van der Waals surface area contributed by atoms with Crippen LogP contribution in [0.5, 0.6) is 23.0 Å². The van der Waals surface area contributed by atoms with Gasteiger partial charge in [0.25, 0.3) is 5.91 Å². The molecule has 2 aromatic carbocycles. The molecule has 2 atom stereocenters. The average Bonchev–Trinajstić information content (AvgIpc) is 2.67. The molecule has 2 rings (SSSR count). The topological polar surface area (TPSA) is 66.0 Å². The van der Waals surface area contributed by atoms with Gasteiger partial charge in [-0.15, -0.1) is 0 Å². The van der Waals surface area contributed by atoms with Crippen LogP contribution in [-0.4, -0.2) is 33.3 Å². The highest BCUT2D eigenvalue weighted by Crippen LogP contribution is 2.29. The van der Waals surface area contributed by atoms with Gasteiger partial charge in [-0.25, -0.2) is 0 Å². The molecule has 0 radical (unpaired) electrons. The first-order valence-electron chi connectivity index (χ1n) is 8.31. The molecular weight excluding hydrogens is 334 g/mol. The summed E-state index contributed by atoms with van der Waals surface area (Å²) in [6, 6.07) is 12.3. The van der Waals surface area contributed by atoms with E-state index in [0.717, 1.165) is 5.56 Å². The van der Waals surface area contributed by atoms with Crippen molar-refractivity contribution < 1.29 is 23.7 Å². The molecular formula is C20H25NO5. The van der Waals surface area contributed by atoms with Crippen molar-refractivity contribution in [1.82, 2.24) is 5.32 Å². The Bertz CT molecular complexity index is 747. The highest BCUT2D eigenvalue weighted by molar-refractivity contribution is 5.81. The highest BCUT2D eigenvalue weighted by Gasteiger charge is 2.20. The quantitative estimate of drug-likeness (QED) is 0.783. The Morgan fingerprint density at radius 1 is 0.885 bits per heavy atom. The molecule has 2 unspecified atom stereocenters. The van der Waals surface area contributed by atoms with Crippen molar-refractivity contribution in [3.8, 4) is 23.0 Å². The molecule has 0 aliphatic rings. The zero-order chi connectivity index (χ0) is 19.1. The summed E-state index contributed by atoms with van der Waals surface area (Å²) >= 11 is 0. The first-order valence-corrected chi connectivity index (χ1v) is 8.31. The molecule has 1 amide bonds. The van der Waals surface area contributed by atoms with Crippen molar-refractivity contribution in [3.05, 3.63) is 48.0 Å². The van der Waals surface area contributed by atoms with Crippen LogP contribution in [-0.2, 0) is 4.79 Å². The number of nitrogens with one attached hydrogen (secondary N) is 1. The zero-order valence-corrected chi connectivity index (χ0v) is 15.7. The first-order chi connectivity index (χ1) is 12.5. The highest BCUT2D eigenvalue weighted by atomic mass is 16.5. The molecule has 6 nitrogen and oxygen atoms in total. The lowest BCUT2D eigenvalue weighted by molar-refractivity contribution is -0.127. The van der Waals surface area contributed by atoms with Crippen molar-refractivity contribution in [3.63, 3.8) is 0 Å². The number of amides is 1. The van der Waals surface area contributed by atoms with E-state index < -0.39 is 6.10 Å². The third-order valence-corrected chi connectivity index (χ3v) is 3.99. The summed E-state index contributed by atoms with van der Waals surface area (Å²) in [5.41, 5.74) is 0.828. The fourth-order valence-corrected chi connectivity index (χ4v) is 2.52. The number of ether oxygens (including phenoxy) is 4. The van der Waals surface area contributed by atoms with Crippen LogP contribution in [0, 0.1) is 0 Å². The lowest BCUT2D eigenvalue weighted by Gasteiger charge is -2.21. The smallest absolute Gasteiger partial charge is 0.261 e. The molecule has 0 saturated heterocycles. The van der Waals surface area contributed by atoms with Crippen LogP contribution in [0.15, 0.2) is 42.5 Å². The first kappa shape index (κ1) is 19.4. The molecule has 1 N–H and O–H groups in total. The Kier molecular flexibility index (Phi) is 6.72. The number of hydrogen-bond acceptors (Lipinski definition) is 5. The van der Waals surface area contributed by atoms with Crippen molar-refractivity contribution >= 4 is 5.91 Å². The van der Waals surface area contributed by atoms with Gasteiger partial charge < -0.3 is 24.3 Å². The number of hydrogen-bond donors (Lipinski definition) is 1. The van der Waals surface area contributed by atoms with Crippen LogP contribution < -0.4 is 24.3 Å². The van der Waals surface area contributed by atoms with Crippen LogP contribution >= 0.6 is 0 Å². The van der Waals surface area contributed by atoms with E-state index in [9.17, 15) is 4.79 Å². The lowest BCUT2D eigenvalue weighted by atomic mass is 10.1. The molecule has 2 aromatic rings. The third kappa shape index (κ3) is 4.81. The summed E-state index contributed by atoms with van der Waals surface area (Å²) in [4.78, 5) is 12.5. The van der Waals surface area contributed by atoms with Crippen molar-refractivity contribution in [2.45, 2.75) is 26.0 Å². The predicted octanol–water partition coefficient (Wildman–Crippen LogP) is 3.36. The molecule has 6 heteroatoms. The normalized spacial score (nSPS) is 12.7. The standard InChI is InChI=1S/C20H25NO5/c1-13(18-12-16(24-4)9-10-19(18)25-5)21-20(22)14(2)26-17-8-6-7-15(11-17)23-3/h6-14H,1-5H3,(H,21,22). The summed E-state index contributed by atoms with van der Waals surface area (Å²) in [6.45, 7) is 3.58. The minimum absolute atomic E-state index is 0.231. The average molecular weight is 359 g/mol. The molecule has 0 fully saturated rings. The number of carbonyl (C=O) groups is 1. The maximum Gasteiger partial charge on any atom is 0.261 e. The second kappa shape index (κ2) is 8.99. The number of benzene rings is 2. The summed E-state index contributed by atoms with van der Waals surface area (Å²) in [5, 5.41) is 2.94. The van der Waals surface area contributed by atoms with Gasteiger partial charge in [0.05, 0.1) is 27.4 Å². The van der Waals surface area contributed by atoms with Crippen molar-refractivity contribution in [2.75, 3.05) is 21.3 Å². The predicted molar refractivity (Wildman–Crippen MR) is 99.2 cm³/mol. The molecule has 140 valence electrons. The maximum absolute atomic E-state index is 12.5. The lowest BCUT2D eigenvalue weighted by Crippen LogP contribution is -2.37. The fraction of sp³-hybridized carbons (Fsp3) is 0.350. The Morgan fingerprint density at radius 3 is 2.19 bits per heavy atom. The Balaban J connectivity index is 2.06. The Labute approximate surface area is 154 Å². The minimum Gasteiger partial charge on any atom is -0.497 e. The van der Waals surface area contributed by atoms with E-state index in [1.54, 1.807) is 40.4 Å². The minimum atomic E-state index is -0.666. The van der Waals surface area contributed by atoms with Gasteiger partial charge >= 0.3 is 0 Å². The van der Waals surface area contributed by atoms with E-state index in [-0.39, 0.29) is 11.9 Å². The zero-order valence-electron chi connectivity index (χ0n) is 15.7. The van der Waals surface area contributed by atoms with Gasteiger partial charge in [-0.1, -0.05) is 6.07 Å². The molecule has 0 aliphatic carbocycles. The number of methoxy groups -OCH3 is 3. The van der Waals surface area contributed by atoms with Gasteiger partial charge in [0.15, 0.2) is 6.10 Å². The third-order valence-electron chi connectivity index (χ3n) is 3.99. The Morgan fingerprint density at radius 2 is 1.54 bits per heavy atom. The molecule has 0 aliphatic heterocycles. The van der Waals surface area contributed by atoms with Gasteiger partial charge in [0.2, 0.25) is 0 Å². The number of carbonyl (C=O) groups excluding carboxylic acids is 1. The number of rotatable bonds is 8. The molecule has 0 bridgehead atoms. The SMILES string of the molecule is COc1cccc(OC(C)C(=O)NC(C)c2cc(OC)ccc2OC)c1. The van der Waals surface area contributed by atoms with Gasteiger partial charge in [-0.3, -0.25) is 4.79 Å². The summed E-state index contributed by atoms with van der Waals surface area (Å²) < 4.78 is 21.5. The monoisotopic (exact) mass is 359 g/mol. The summed E-state index contributed by atoms with van der Waals surface area (Å²) in [5.74, 6) is 2.39. The molecule has 0 heterocycles. The summed E-state index contributed by atoms with van der Waals surface area (Å²) in [6.07, 6.45) is -0.666. The van der Waals surface area contributed by atoms with E-state index in [1.165, 1.54) is 0 Å². The van der Waals surface area contributed by atoms with Crippen LogP contribution in [0.1, 0.15) is 25.5 Å². The van der Waals surface area contributed by atoms with Crippen LogP contribution in [0.2, 0.25) is 0 Å². The van der Waals surface area contributed by atoms with Crippen LogP contribution in [0.3, 0.4) is 0 Å². The largest absolute Gasteiger partial charge is 0.497 e. The van der Waals surface area contributed by atoms with Gasteiger partial charge in [-0.05, 0) is 44.2 Å². The molecule has 0 saturated carbocycles. The van der Waals surface area contributed by atoms with E-state index in [4.69, 9.17) is 18.9 Å².